The summed E-state index contributed by atoms with van der Waals surface area (Å²) in [5.74, 6) is 1.84. The zero-order valence-corrected chi connectivity index (χ0v) is 10.1. The van der Waals surface area contributed by atoms with Crippen molar-refractivity contribution in [1.82, 2.24) is 9.97 Å². The number of aromatic nitrogens is 2. The van der Waals surface area contributed by atoms with Gasteiger partial charge in [0.25, 0.3) is 0 Å². The van der Waals surface area contributed by atoms with Gasteiger partial charge in [-0.25, -0.2) is 9.97 Å². The minimum atomic E-state index is 0.351. The van der Waals surface area contributed by atoms with Crippen molar-refractivity contribution >= 4 is 11.6 Å². The monoisotopic (exact) mass is 224 g/mol. The van der Waals surface area contributed by atoms with Crippen LogP contribution in [-0.4, -0.2) is 9.97 Å². The Balaban J connectivity index is 2.30. The Bertz CT molecular complexity index is 343. The van der Waals surface area contributed by atoms with Crippen LogP contribution < -0.4 is 0 Å². The highest BCUT2D eigenvalue weighted by Gasteiger charge is 2.20. The van der Waals surface area contributed by atoms with Gasteiger partial charge in [-0.3, -0.25) is 0 Å². The molecule has 1 heterocycles. The Morgan fingerprint density at radius 3 is 2.53 bits per heavy atom. The number of nitrogens with zero attached hydrogens (tertiary/aromatic N) is 2. The van der Waals surface area contributed by atoms with Crippen molar-refractivity contribution in [2.45, 2.75) is 51.4 Å². The lowest BCUT2D eigenvalue weighted by molar-refractivity contribution is 0.669. The van der Waals surface area contributed by atoms with Crippen molar-refractivity contribution in [2.75, 3.05) is 0 Å². The van der Waals surface area contributed by atoms with Crippen molar-refractivity contribution in [2.24, 2.45) is 0 Å². The quantitative estimate of drug-likeness (QED) is 0.712. The second-order valence-electron chi connectivity index (χ2n) is 4.61. The van der Waals surface area contributed by atoms with E-state index in [4.69, 9.17) is 11.6 Å². The summed E-state index contributed by atoms with van der Waals surface area (Å²) in [5, 5.41) is 0.593. The van der Waals surface area contributed by atoms with Crippen molar-refractivity contribution in [3.8, 4) is 0 Å². The van der Waals surface area contributed by atoms with Gasteiger partial charge in [-0.2, -0.15) is 0 Å². The molecule has 2 nitrogen and oxygen atoms in total. The molecule has 0 radical (unpaired) electrons. The standard InChI is InChI=1S/C12H17ClN2/c1-8(2)12-14-10(7-11(13)15-12)9-5-3-4-6-9/h7-9H,3-6H2,1-2H3. The minimum Gasteiger partial charge on any atom is -0.237 e. The third kappa shape index (κ3) is 2.49. The third-order valence-corrected chi connectivity index (χ3v) is 3.22. The Hall–Kier alpha value is -0.630. The maximum Gasteiger partial charge on any atom is 0.133 e. The third-order valence-electron chi connectivity index (χ3n) is 3.02. The lowest BCUT2D eigenvalue weighted by Gasteiger charge is -2.11. The summed E-state index contributed by atoms with van der Waals surface area (Å²) in [7, 11) is 0. The van der Waals surface area contributed by atoms with Crippen LogP contribution in [0.5, 0.6) is 0 Å². The molecule has 0 N–H and O–H groups in total. The topological polar surface area (TPSA) is 25.8 Å². The van der Waals surface area contributed by atoms with Crippen molar-refractivity contribution in [3.05, 3.63) is 22.7 Å². The van der Waals surface area contributed by atoms with Crippen LogP contribution in [0.25, 0.3) is 0 Å². The summed E-state index contributed by atoms with van der Waals surface area (Å²) in [6, 6.07) is 1.93. The highest BCUT2D eigenvalue weighted by molar-refractivity contribution is 6.29. The van der Waals surface area contributed by atoms with Crippen LogP contribution in [-0.2, 0) is 0 Å². The molecule has 1 aliphatic carbocycles. The van der Waals surface area contributed by atoms with E-state index in [9.17, 15) is 0 Å². The van der Waals surface area contributed by atoms with E-state index in [0.29, 0.717) is 17.0 Å². The summed E-state index contributed by atoms with van der Waals surface area (Å²) in [6.07, 6.45) is 5.16. The van der Waals surface area contributed by atoms with E-state index < -0.39 is 0 Å². The molecule has 15 heavy (non-hydrogen) atoms. The van der Waals surface area contributed by atoms with Gasteiger partial charge in [-0.1, -0.05) is 38.3 Å². The highest BCUT2D eigenvalue weighted by Crippen LogP contribution is 2.34. The van der Waals surface area contributed by atoms with Crippen LogP contribution in [0.3, 0.4) is 0 Å². The van der Waals surface area contributed by atoms with Gasteiger partial charge in [0, 0.05) is 17.5 Å². The van der Waals surface area contributed by atoms with E-state index in [2.05, 4.69) is 23.8 Å². The van der Waals surface area contributed by atoms with Crippen molar-refractivity contribution in [3.63, 3.8) is 0 Å². The highest BCUT2D eigenvalue weighted by atomic mass is 35.5. The van der Waals surface area contributed by atoms with Crippen LogP contribution in [0.1, 0.15) is 62.9 Å². The van der Waals surface area contributed by atoms with E-state index in [1.807, 2.05) is 6.07 Å². The van der Waals surface area contributed by atoms with Gasteiger partial charge in [-0.15, -0.1) is 0 Å². The Morgan fingerprint density at radius 1 is 1.27 bits per heavy atom. The molecular weight excluding hydrogens is 208 g/mol. The van der Waals surface area contributed by atoms with E-state index >= 15 is 0 Å². The maximum absolute atomic E-state index is 6.02. The second kappa shape index (κ2) is 4.48. The van der Waals surface area contributed by atoms with Gasteiger partial charge in [0.2, 0.25) is 0 Å². The van der Waals surface area contributed by atoms with E-state index in [-0.39, 0.29) is 0 Å². The number of halogens is 1. The fraction of sp³-hybridized carbons (Fsp3) is 0.667. The van der Waals surface area contributed by atoms with Crippen molar-refractivity contribution in [1.29, 1.82) is 0 Å². The molecule has 0 unspecified atom stereocenters. The lowest BCUT2D eigenvalue weighted by Crippen LogP contribution is -2.04. The molecule has 1 saturated carbocycles. The molecule has 0 saturated heterocycles. The van der Waals surface area contributed by atoms with Gasteiger partial charge in [0.1, 0.15) is 11.0 Å². The van der Waals surface area contributed by atoms with Crippen LogP contribution in [0.2, 0.25) is 5.15 Å². The predicted molar refractivity (Wildman–Crippen MR) is 62.3 cm³/mol. The van der Waals surface area contributed by atoms with Crippen molar-refractivity contribution < 1.29 is 0 Å². The molecule has 0 atom stereocenters. The van der Waals surface area contributed by atoms with Crippen LogP contribution in [0, 0.1) is 0 Å². The first-order valence-electron chi connectivity index (χ1n) is 5.71. The van der Waals surface area contributed by atoms with Gasteiger partial charge in [0.05, 0.1) is 0 Å². The van der Waals surface area contributed by atoms with Crippen LogP contribution in [0.4, 0.5) is 0 Å². The fourth-order valence-electron chi connectivity index (χ4n) is 2.14. The number of rotatable bonds is 2. The smallest absolute Gasteiger partial charge is 0.133 e. The fourth-order valence-corrected chi connectivity index (χ4v) is 2.34. The molecule has 0 aromatic carbocycles. The Morgan fingerprint density at radius 2 is 1.93 bits per heavy atom. The molecule has 1 aliphatic rings. The normalized spacial score (nSPS) is 17.6. The molecule has 0 spiro atoms. The molecule has 1 aromatic heterocycles. The van der Waals surface area contributed by atoms with E-state index in [1.165, 1.54) is 25.7 Å². The molecular formula is C12H17ClN2. The van der Waals surface area contributed by atoms with E-state index in [0.717, 1.165) is 11.5 Å². The number of hydrogen-bond donors (Lipinski definition) is 0. The largest absolute Gasteiger partial charge is 0.237 e. The minimum absolute atomic E-state index is 0.351. The predicted octanol–water partition coefficient (Wildman–Crippen LogP) is 3.91. The zero-order chi connectivity index (χ0) is 10.8. The number of hydrogen-bond acceptors (Lipinski definition) is 2. The molecule has 82 valence electrons. The maximum atomic E-state index is 6.02. The van der Waals surface area contributed by atoms with Gasteiger partial charge in [0.15, 0.2) is 0 Å². The summed E-state index contributed by atoms with van der Waals surface area (Å²) in [4.78, 5) is 8.88. The average Bonchev–Trinajstić information content (AvgIpc) is 2.69. The summed E-state index contributed by atoms with van der Waals surface area (Å²) in [6.45, 7) is 4.20. The summed E-state index contributed by atoms with van der Waals surface area (Å²) >= 11 is 6.02. The van der Waals surface area contributed by atoms with Gasteiger partial charge >= 0.3 is 0 Å². The second-order valence-corrected chi connectivity index (χ2v) is 5.00. The van der Waals surface area contributed by atoms with Gasteiger partial charge < -0.3 is 0 Å². The Kier molecular flexibility index (Phi) is 3.25. The first-order chi connectivity index (χ1) is 7.16. The SMILES string of the molecule is CC(C)c1nc(Cl)cc(C2CCCC2)n1. The Labute approximate surface area is 96.1 Å². The first kappa shape index (κ1) is 10.9. The average molecular weight is 225 g/mol. The molecule has 1 fully saturated rings. The molecule has 0 bridgehead atoms. The lowest BCUT2D eigenvalue weighted by atomic mass is 10.0. The molecule has 1 aromatic rings. The molecule has 3 heteroatoms. The summed E-state index contributed by atoms with van der Waals surface area (Å²) in [5.41, 5.74) is 1.15. The molecule has 2 rings (SSSR count). The first-order valence-corrected chi connectivity index (χ1v) is 6.09. The zero-order valence-electron chi connectivity index (χ0n) is 9.33. The molecule has 0 amide bonds. The van der Waals surface area contributed by atoms with E-state index in [1.54, 1.807) is 0 Å². The summed E-state index contributed by atoms with van der Waals surface area (Å²) < 4.78 is 0. The van der Waals surface area contributed by atoms with Crippen LogP contribution >= 0.6 is 11.6 Å². The molecule has 0 aliphatic heterocycles. The van der Waals surface area contributed by atoms with Crippen LogP contribution in [0.15, 0.2) is 6.07 Å². The van der Waals surface area contributed by atoms with Gasteiger partial charge in [-0.05, 0) is 18.9 Å².